The van der Waals surface area contributed by atoms with E-state index in [1.54, 1.807) is 0 Å². The van der Waals surface area contributed by atoms with E-state index >= 15 is 0 Å². The molecule has 0 unspecified atom stereocenters. The average molecular weight is 454 g/mol. The van der Waals surface area contributed by atoms with E-state index < -0.39 is 0 Å². The molecule has 5 aromatic carbocycles. The molecule has 0 amide bonds. The summed E-state index contributed by atoms with van der Waals surface area (Å²) < 4.78 is 12.2. The number of fused-ring (bicyclic) bond motifs is 2. The van der Waals surface area contributed by atoms with Crippen LogP contribution < -0.4 is 14.8 Å². The van der Waals surface area contributed by atoms with Crippen molar-refractivity contribution in [3.05, 3.63) is 132 Å². The van der Waals surface area contributed by atoms with Crippen molar-refractivity contribution in [2.75, 3.05) is 5.32 Å². The molecular formula is C32H23NO2. The van der Waals surface area contributed by atoms with Gasteiger partial charge in [-0.2, -0.15) is 0 Å². The molecule has 6 rings (SSSR count). The maximum absolute atomic E-state index is 6.23. The Bertz CT molecular complexity index is 1520. The average Bonchev–Trinajstić information content (AvgIpc) is 3.09. The molecule has 3 nitrogen and oxygen atoms in total. The monoisotopic (exact) mass is 453 g/mol. The van der Waals surface area contributed by atoms with Gasteiger partial charge in [-0.1, -0.05) is 84.9 Å². The van der Waals surface area contributed by atoms with Crippen molar-refractivity contribution in [3.8, 4) is 34.1 Å². The maximum atomic E-state index is 6.23. The summed E-state index contributed by atoms with van der Waals surface area (Å²) in [5, 5.41) is 3.65. The van der Waals surface area contributed by atoms with E-state index in [9.17, 15) is 0 Å². The number of benzene rings is 5. The minimum atomic E-state index is 0.720. The molecule has 1 aliphatic heterocycles. The molecule has 1 N–H and O–H groups in total. The molecule has 0 fully saturated rings. The largest absolute Gasteiger partial charge is 0.457 e. The second-order valence-electron chi connectivity index (χ2n) is 8.34. The minimum Gasteiger partial charge on any atom is -0.457 e. The van der Waals surface area contributed by atoms with Gasteiger partial charge < -0.3 is 14.8 Å². The van der Waals surface area contributed by atoms with Gasteiger partial charge >= 0.3 is 0 Å². The molecule has 0 aliphatic carbocycles. The third-order valence-electron chi connectivity index (χ3n) is 5.92. The van der Waals surface area contributed by atoms with Gasteiger partial charge in [-0.3, -0.25) is 0 Å². The molecule has 0 bridgehead atoms. The number of ether oxygens (including phenoxy) is 2. The summed E-state index contributed by atoms with van der Waals surface area (Å²) in [6.07, 6.45) is 4.32. The number of para-hydroxylation sites is 3. The first-order valence-electron chi connectivity index (χ1n) is 11.6. The van der Waals surface area contributed by atoms with Crippen LogP contribution in [0.4, 0.5) is 11.4 Å². The van der Waals surface area contributed by atoms with Crippen molar-refractivity contribution < 1.29 is 9.47 Å². The third kappa shape index (κ3) is 4.53. The highest BCUT2D eigenvalue weighted by molar-refractivity contribution is 5.94. The topological polar surface area (TPSA) is 30.5 Å². The summed E-state index contributed by atoms with van der Waals surface area (Å²) in [5.41, 5.74) is 6.70. The highest BCUT2D eigenvalue weighted by atomic mass is 16.5. The minimum absolute atomic E-state index is 0.720. The van der Waals surface area contributed by atoms with E-state index in [0.717, 1.165) is 51.1 Å². The molecule has 0 spiro atoms. The SMILES string of the molecule is C1=Cc2cccc(-c3cccc(Oc4cccc(Oc5ccccc5)c4)c3)c2Nc2ccccc21. The first kappa shape index (κ1) is 20.8. The molecule has 0 radical (unpaired) electrons. The predicted molar refractivity (Wildman–Crippen MR) is 144 cm³/mol. The van der Waals surface area contributed by atoms with Gasteiger partial charge in [0, 0.05) is 17.3 Å². The highest BCUT2D eigenvalue weighted by Gasteiger charge is 2.14. The zero-order valence-corrected chi connectivity index (χ0v) is 19.0. The van der Waals surface area contributed by atoms with Crippen molar-refractivity contribution in [1.29, 1.82) is 0 Å². The van der Waals surface area contributed by atoms with Gasteiger partial charge in [0.2, 0.25) is 0 Å². The molecule has 35 heavy (non-hydrogen) atoms. The summed E-state index contributed by atoms with van der Waals surface area (Å²) in [7, 11) is 0. The number of hydrogen-bond acceptors (Lipinski definition) is 3. The Labute approximate surface area is 204 Å². The Balaban J connectivity index is 1.29. The van der Waals surface area contributed by atoms with Gasteiger partial charge in [0.1, 0.15) is 23.0 Å². The van der Waals surface area contributed by atoms with E-state index in [-0.39, 0.29) is 0 Å². The van der Waals surface area contributed by atoms with Gasteiger partial charge in [-0.25, -0.2) is 0 Å². The van der Waals surface area contributed by atoms with Gasteiger partial charge in [0.25, 0.3) is 0 Å². The van der Waals surface area contributed by atoms with Crippen molar-refractivity contribution in [2.45, 2.75) is 0 Å². The van der Waals surface area contributed by atoms with Crippen LogP contribution in [0.5, 0.6) is 23.0 Å². The van der Waals surface area contributed by atoms with E-state index in [4.69, 9.17) is 9.47 Å². The van der Waals surface area contributed by atoms with E-state index in [1.807, 2.05) is 66.7 Å². The molecule has 1 aliphatic rings. The molecule has 0 saturated heterocycles. The van der Waals surface area contributed by atoms with Crippen molar-refractivity contribution in [2.24, 2.45) is 0 Å². The molecular weight excluding hydrogens is 430 g/mol. The van der Waals surface area contributed by atoms with E-state index in [0.29, 0.717) is 0 Å². The summed E-state index contributed by atoms with van der Waals surface area (Å²) in [4.78, 5) is 0. The fraction of sp³-hybridized carbons (Fsp3) is 0. The van der Waals surface area contributed by atoms with Crippen LogP contribution in [0.15, 0.2) is 121 Å². The maximum Gasteiger partial charge on any atom is 0.131 e. The fourth-order valence-electron chi connectivity index (χ4n) is 4.25. The van der Waals surface area contributed by atoms with Crippen molar-refractivity contribution in [3.63, 3.8) is 0 Å². The van der Waals surface area contributed by atoms with Crippen LogP contribution in [0, 0.1) is 0 Å². The van der Waals surface area contributed by atoms with Crippen molar-refractivity contribution in [1.82, 2.24) is 0 Å². The van der Waals surface area contributed by atoms with Crippen LogP contribution in [0.2, 0.25) is 0 Å². The molecule has 5 aromatic rings. The number of hydrogen-bond donors (Lipinski definition) is 1. The van der Waals surface area contributed by atoms with Crippen LogP contribution >= 0.6 is 0 Å². The number of rotatable bonds is 5. The zero-order chi connectivity index (χ0) is 23.5. The quantitative estimate of drug-likeness (QED) is 0.282. The third-order valence-corrected chi connectivity index (χ3v) is 5.92. The van der Waals surface area contributed by atoms with Crippen LogP contribution in [0.3, 0.4) is 0 Å². The highest BCUT2D eigenvalue weighted by Crippen LogP contribution is 2.39. The number of anilines is 2. The smallest absolute Gasteiger partial charge is 0.131 e. The normalized spacial score (nSPS) is 11.5. The summed E-state index contributed by atoms with van der Waals surface area (Å²) in [6.45, 7) is 0. The summed E-state index contributed by atoms with van der Waals surface area (Å²) >= 11 is 0. The van der Waals surface area contributed by atoms with Gasteiger partial charge in [0.15, 0.2) is 0 Å². The van der Waals surface area contributed by atoms with Gasteiger partial charge in [0.05, 0.1) is 5.69 Å². The summed E-state index contributed by atoms with van der Waals surface area (Å²) in [5.74, 6) is 3.01. The van der Waals surface area contributed by atoms with Crippen LogP contribution in [-0.4, -0.2) is 0 Å². The van der Waals surface area contributed by atoms with E-state index in [1.165, 1.54) is 5.56 Å². The number of nitrogens with one attached hydrogen (secondary N) is 1. The Morgan fingerprint density at radius 1 is 0.457 bits per heavy atom. The Hall–Kier alpha value is -4.76. The van der Waals surface area contributed by atoms with Crippen LogP contribution in [0.25, 0.3) is 23.3 Å². The van der Waals surface area contributed by atoms with Crippen LogP contribution in [0.1, 0.15) is 11.1 Å². The van der Waals surface area contributed by atoms with Gasteiger partial charge in [-0.15, -0.1) is 0 Å². The molecule has 1 heterocycles. The molecule has 0 aromatic heterocycles. The first-order chi connectivity index (χ1) is 17.3. The fourth-order valence-corrected chi connectivity index (χ4v) is 4.25. The first-order valence-corrected chi connectivity index (χ1v) is 11.6. The molecule has 3 heteroatoms. The van der Waals surface area contributed by atoms with Crippen LogP contribution in [-0.2, 0) is 0 Å². The molecule has 0 saturated carbocycles. The second-order valence-corrected chi connectivity index (χ2v) is 8.34. The Morgan fingerprint density at radius 2 is 1.06 bits per heavy atom. The lowest BCUT2D eigenvalue weighted by Gasteiger charge is -2.16. The van der Waals surface area contributed by atoms with Gasteiger partial charge in [-0.05, 0) is 59.2 Å². The Kier molecular flexibility index (Phi) is 5.50. The predicted octanol–water partition coefficient (Wildman–Crippen LogP) is 9.17. The molecule has 0 atom stereocenters. The standard InChI is InChI=1S/C32H23NO2/c1-2-12-26(13-3-1)34-28-15-8-16-29(22-28)35-27-14-6-11-25(21-27)30-17-7-10-24-20-19-23-9-4-5-18-31(23)33-32(24)30/h1-22,33H. The molecule has 168 valence electrons. The lowest BCUT2D eigenvalue weighted by molar-refractivity contribution is 0.460. The second kappa shape index (κ2) is 9.24. The lowest BCUT2D eigenvalue weighted by atomic mass is 9.99. The summed E-state index contributed by atoms with van der Waals surface area (Å²) in [6, 6.07) is 40.3. The van der Waals surface area contributed by atoms with Crippen molar-refractivity contribution >= 4 is 23.5 Å². The van der Waals surface area contributed by atoms with E-state index in [2.05, 4.69) is 72.1 Å². The lowest BCUT2D eigenvalue weighted by Crippen LogP contribution is -1.96. The Morgan fingerprint density at radius 3 is 1.91 bits per heavy atom. The zero-order valence-electron chi connectivity index (χ0n) is 19.0.